The van der Waals surface area contributed by atoms with Crippen LogP contribution in [0.15, 0.2) is 81.3 Å². The minimum atomic E-state index is -3.84. The average Bonchev–Trinajstić information content (AvgIpc) is 2.84. The molecule has 1 aromatic carbocycles. The Morgan fingerprint density at radius 3 is 2.13 bits per heavy atom. The van der Waals surface area contributed by atoms with E-state index in [2.05, 4.69) is 26.8 Å². The van der Waals surface area contributed by atoms with Crippen LogP contribution in [0.3, 0.4) is 0 Å². The van der Waals surface area contributed by atoms with Gasteiger partial charge in [-0.15, -0.1) is 0 Å². The van der Waals surface area contributed by atoms with Gasteiger partial charge < -0.3 is 9.47 Å². The first kappa shape index (κ1) is 31.3. The summed E-state index contributed by atoms with van der Waals surface area (Å²) in [4.78, 5) is 25.4. The van der Waals surface area contributed by atoms with Gasteiger partial charge in [0.2, 0.25) is 0 Å². The van der Waals surface area contributed by atoms with E-state index in [1.165, 1.54) is 11.1 Å². The number of carbonyl (C=O) groups is 2. The van der Waals surface area contributed by atoms with E-state index in [-0.39, 0.29) is 35.5 Å². The number of esters is 2. The highest BCUT2D eigenvalue weighted by molar-refractivity contribution is 7.92. The van der Waals surface area contributed by atoms with Gasteiger partial charge in [-0.3, -0.25) is 0 Å². The van der Waals surface area contributed by atoms with E-state index in [0.29, 0.717) is 5.57 Å². The van der Waals surface area contributed by atoms with Crippen LogP contribution in [0.4, 0.5) is 0 Å². The quantitative estimate of drug-likeness (QED) is 0.102. The van der Waals surface area contributed by atoms with Crippen molar-refractivity contribution in [2.45, 2.75) is 84.3 Å². The topological polar surface area (TPSA) is 86.7 Å². The van der Waals surface area contributed by atoms with Crippen LogP contribution in [0.25, 0.3) is 0 Å². The maximum absolute atomic E-state index is 13.7. The summed E-state index contributed by atoms with van der Waals surface area (Å²) in [6.07, 6.45) is 9.01. The summed E-state index contributed by atoms with van der Waals surface area (Å²) in [6, 6.07) is 8.20. The van der Waals surface area contributed by atoms with Gasteiger partial charge in [-0.25, -0.2) is 18.0 Å². The molecule has 1 aliphatic rings. The van der Waals surface area contributed by atoms with Crippen molar-refractivity contribution in [3.63, 3.8) is 0 Å². The molecule has 0 bridgehead atoms. The van der Waals surface area contributed by atoms with Crippen LogP contribution >= 0.6 is 0 Å². The minimum absolute atomic E-state index is 0.0577. The first-order valence-electron chi connectivity index (χ1n) is 13.2. The van der Waals surface area contributed by atoms with Crippen molar-refractivity contribution in [1.29, 1.82) is 0 Å². The van der Waals surface area contributed by atoms with Gasteiger partial charge in [-0.2, -0.15) is 0 Å². The summed E-state index contributed by atoms with van der Waals surface area (Å²) in [6.45, 7) is 13.5. The summed E-state index contributed by atoms with van der Waals surface area (Å²) in [5.41, 5.74) is 3.51. The molecule has 1 unspecified atom stereocenters. The number of hydrogen-bond donors (Lipinski definition) is 0. The van der Waals surface area contributed by atoms with Crippen molar-refractivity contribution in [3.8, 4) is 0 Å². The van der Waals surface area contributed by atoms with Crippen molar-refractivity contribution in [2.24, 2.45) is 5.41 Å². The van der Waals surface area contributed by atoms with Gasteiger partial charge in [-0.05, 0) is 89.0 Å². The number of sulfone groups is 1. The zero-order chi connectivity index (χ0) is 28.5. The molecule has 0 radical (unpaired) electrons. The van der Waals surface area contributed by atoms with Crippen LogP contribution in [-0.4, -0.2) is 38.8 Å². The van der Waals surface area contributed by atoms with E-state index in [0.717, 1.165) is 24.8 Å². The molecule has 0 fully saturated rings. The van der Waals surface area contributed by atoms with Crippen LogP contribution in [0.2, 0.25) is 0 Å². The van der Waals surface area contributed by atoms with E-state index >= 15 is 0 Å². The molecule has 1 aliphatic carbocycles. The van der Waals surface area contributed by atoms with Gasteiger partial charge >= 0.3 is 11.9 Å². The van der Waals surface area contributed by atoms with E-state index in [4.69, 9.17) is 9.47 Å². The van der Waals surface area contributed by atoms with Gasteiger partial charge in [0.05, 0.1) is 23.4 Å². The molecule has 0 aliphatic heterocycles. The van der Waals surface area contributed by atoms with E-state index in [1.54, 1.807) is 57.2 Å². The van der Waals surface area contributed by atoms with Crippen LogP contribution in [0, 0.1) is 5.41 Å². The normalized spacial score (nSPS) is 16.8. The Morgan fingerprint density at radius 2 is 1.61 bits per heavy atom. The number of benzene rings is 1. The minimum Gasteiger partial charge on any atom is -0.462 e. The van der Waals surface area contributed by atoms with Crippen molar-refractivity contribution in [2.75, 3.05) is 13.2 Å². The lowest BCUT2D eigenvalue weighted by Crippen LogP contribution is -2.24. The molecular weight excluding hydrogens is 500 g/mol. The summed E-state index contributed by atoms with van der Waals surface area (Å²) in [5.74, 6) is -1.64. The van der Waals surface area contributed by atoms with Crippen LogP contribution in [-0.2, 0) is 28.9 Å². The zero-order valence-electron chi connectivity index (χ0n) is 23.8. The summed E-state index contributed by atoms with van der Waals surface area (Å²) >= 11 is 0. The molecule has 0 aromatic heterocycles. The second-order valence-corrected chi connectivity index (χ2v) is 12.5. The predicted octanol–water partition coefficient (Wildman–Crippen LogP) is 6.69. The second kappa shape index (κ2) is 13.7. The Hall–Kier alpha value is -2.93. The van der Waals surface area contributed by atoms with E-state index in [9.17, 15) is 18.0 Å². The molecule has 0 heterocycles. The molecule has 1 aromatic rings. The average molecular weight is 543 g/mol. The summed E-state index contributed by atoms with van der Waals surface area (Å²) in [7, 11) is -3.84. The molecule has 208 valence electrons. The van der Waals surface area contributed by atoms with Crippen LogP contribution in [0.1, 0.15) is 74.1 Å². The fraction of sp³-hybridized carbons (Fsp3) is 0.484. The fourth-order valence-corrected chi connectivity index (χ4v) is 6.61. The highest BCUT2D eigenvalue weighted by Gasteiger charge is 2.31. The standard InChI is InChI=1S/C31H42O6S/c1-8-36-29(32)28(30(33)37-9-2)24(5)21-26(38(34,35)25-15-11-10-12-16-25)20-22(3)17-18-27-23(4)14-13-19-31(27,6)7/h10-12,15-18,20,26H,8-9,13-14,19,21H2,1-7H3/b18-17+,22-20+. The van der Waals surface area contributed by atoms with Gasteiger partial charge in [0, 0.05) is 0 Å². The lowest BCUT2D eigenvalue weighted by atomic mass is 9.72. The van der Waals surface area contributed by atoms with Crippen LogP contribution in [0.5, 0.6) is 0 Å². The van der Waals surface area contributed by atoms with Crippen molar-refractivity contribution < 1.29 is 27.5 Å². The molecule has 7 heteroatoms. The van der Waals surface area contributed by atoms with Gasteiger partial charge in [0.15, 0.2) is 9.84 Å². The lowest BCUT2D eigenvalue weighted by molar-refractivity contribution is -0.146. The monoisotopic (exact) mass is 542 g/mol. The highest BCUT2D eigenvalue weighted by Crippen LogP contribution is 2.40. The van der Waals surface area contributed by atoms with Crippen molar-refractivity contribution >= 4 is 21.8 Å². The highest BCUT2D eigenvalue weighted by atomic mass is 32.2. The second-order valence-electron chi connectivity index (χ2n) is 10.4. The maximum Gasteiger partial charge on any atom is 0.345 e. The molecule has 0 N–H and O–H groups in total. The molecule has 0 amide bonds. The Kier molecular flexibility index (Phi) is 11.3. The molecule has 2 rings (SSSR count). The van der Waals surface area contributed by atoms with Crippen molar-refractivity contribution in [3.05, 3.63) is 76.4 Å². The third-order valence-corrected chi connectivity index (χ3v) is 8.90. The Bertz CT molecular complexity index is 1210. The smallest absolute Gasteiger partial charge is 0.345 e. The maximum atomic E-state index is 13.7. The molecule has 1 atom stereocenters. The molecular formula is C31H42O6S. The Morgan fingerprint density at radius 1 is 1.03 bits per heavy atom. The first-order chi connectivity index (χ1) is 17.8. The summed E-state index contributed by atoms with van der Waals surface area (Å²) in [5, 5.41) is -1.01. The first-order valence-corrected chi connectivity index (χ1v) is 14.8. The number of rotatable bonds is 11. The number of hydrogen-bond acceptors (Lipinski definition) is 6. The third-order valence-electron chi connectivity index (χ3n) is 6.87. The number of ether oxygens (including phenoxy) is 2. The van der Waals surface area contributed by atoms with Gasteiger partial charge in [-0.1, -0.05) is 61.4 Å². The van der Waals surface area contributed by atoms with E-state index < -0.39 is 27.0 Å². The Balaban J connectivity index is 2.58. The molecule has 0 saturated carbocycles. The molecule has 0 spiro atoms. The van der Waals surface area contributed by atoms with Crippen molar-refractivity contribution in [1.82, 2.24) is 0 Å². The third kappa shape index (κ3) is 8.03. The van der Waals surface area contributed by atoms with E-state index in [1.807, 2.05) is 13.0 Å². The lowest BCUT2D eigenvalue weighted by Gasteiger charge is -2.33. The van der Waals surface area contributed by atoms with Gasteiger partial charge in [0.25, 0.3) is 0 Å². The molecule has 6 nitrogen and oxygen atoms in total. The predicted molar refractivity (Wildman–Crippen MR) is 151 cm³/mol. The van der Waals surface area contributed by atoms with Crippen LogP contribution < -0.4 is 0 Å². The largest absolute Gasteiger partial charge is 0.462 e. The Labute approximate surface area is 228 Å². The molecule has 0 saturated heterocycles. The molecule has 38 heavy (non-hydrogen) atoms. The van der Waals surface area contributed by atoms with Gasteiger partial charge in [0.1, 0.15) is 5.57 Å². The number of allylic oxidation sites excluding steroid dienone is 6. The SMILES string of the molecule is CCOC(=O)C(C(=O)OCC)=C(C)CC(/C=C(C)/C=C/C1=C(C)CCCC1(C)C)S(=O)(=O)c1ccccc1. The number of carbonyl (C=O) groups excluding carboxylic acids is 2. The fourth-order valence-electron chi connectivity index (χ4n) is 4.86. The zero-order valence-corrected chi connectivity index (χ0v) is 24.6. The summed E-state index contributed by atoms with van der Waals surface area (Å²) < 4.78 is 37.7.